The molecule has 1 heterocycles. The van der Waals surface area contributed by atoms with Crippen molar-refractivity contribution in [2.75, 3.05) is 0 Å². The highest BCUT2D eigenvalue weighted by Crippen LogP contribution is 2.19. The standard InChI is InChI=1S/C21H26N2O4/c1-5-18-22-13-17(23(18)14-15-9-7-6-8-10-15)11-16(12-19(24)25)20(26)27-21(2,3)4/h6-11,13H,5,12,14H2,1-4H3,(H,24,25). The van der Waals surface area contributed by atoms with Gasteiger partial charge in [-0.05, 0) is 32.4 Å². The van der Waals surface area contributed by atoms with Crippen LogP contribution in [0.1, 0.15) is 51.2 Å². The van der Waals surface area contributed by atoms with Gasteiger partial charge in [-0.25, -0.2) is 9.78 Å². The summed E-state index contributed by atoms with van der Waals surface area (Å²) >= 11 is 0. The summed E-state index contributed by atoms with van der Waals surface area (Å²) in [7, 11) is 0. The number of aliphatic carboxylic acids is 1. The molecule has 1 N–H and O–H groups in total. The molecule has 144 valence electrons. The van der Waals surface area contributed by atoms with Crippen LogP contribution in [-0.2, 0) is 27.3 Å². The Morgan fingerprint density at radius 2 is 1.89 bits per heavy atom. The van der Waals surface area contributed by atoms with E-state index >= 15 is 0 Å². The van der Waals surface area contributed by atoms with Gasteiger partial charge in [0.25, 0.3) is 0 Å². The van der Waals surface area contributed by atoms with Gasteiger partial charge >= 0.3 is 11.9 Å². The van der Waals surface area contributed by atoms with Crippen molar-refractivity contribution < 1.29 is 19.4 Å². The fourth-order valence-electron chi connectivity index (χ4n) is 2.64. The Bertz CT molecular complexity index is 830. The Morgan fingerprint density at radius 1 is 1.22 bits per heavy atom. The van der Waals surface area contributed by atoms with Crippen molar-refractivity contribution in [1.82, 2.24) is 9.55 Å². The number of hydrogen-bond donors (Lipinski definition) is 1. The molecule has 0 spiro atoms. The fraction of sp³-hybridized carbons (Fsp3) is 0.381. The molecule has 0 aliphatic carbocycles. The number of nitrogens with zero attached hydrogens (tertiary/aromatic N) is 2. The molecule has 27 heavy (non-hydrogen) atoms. The first-order valence-electron chi connectivity index (χ1n) is 8.93. The van der Waals surface area contributed by atoms with Crippen LogP contribution in [0.3, 0.4) is 0 Å². The van der Waals surface area contributed by atoms with Gasteiger partial charge in [0.2, 0.25) is 0 Å². The molecule has 0 unspecified atom stereocenters. The monoisotopic (exact) mass is 370 g/mol. The van der Waals surface area contributed by atoms with E-state index in [-0.39, 0.29) is 5.57 Å². The Hall–Kier alpha value is -2.89. The molecule has 0 radical (unpaired) electrons. The second kappa shape index (κ2) is 8.66. The number of aryl methyl sites for hydroxylation is 1. The SMILES string of the molecule is CCc1ncc(C=C(CC(=O)O)C(=O)OC(C)(C)C)n1Cc1ccccc1. The van der Waals surface area contributed by atoms with Crippen molar-refractivity contribution in [3.05, 3.63) is 59.2 Å². The molecule has 2 aromatic rings. The third kappa shape index (κ3) is 6.09. The second-order valence-electron chi connectivity index (χ2n) is 7.27. The molecule has 2 rings (SSSR count). The van der Waals surface area contributed by atoms with Crippen LogP contribution in [0.2, 0.25) is 0 Å². The highest BCUT2D eigenvalue weighted by atomic mass is 16.6. The van der Waals surface area contributed by atoms with Crippen LogP contribution in [0.15, 0.2) is 42.1 Å². The molecule has 0 fully saturated rings. The van der Waals surface area contributed by atoms with E-state index in [0.29, 0.717) is 12.2 Å². The molecule has 0 saturated heterocycles. The number of benzene rings is 1. The molecule has 0 atom stereocenters. The minimum absolute atomic E-state index is 0.0919. The second-order valence-corrected chi connectivity index (χ2v) is 7.27. The zero-order chi connectivity index (χ0) is 20.0. The molecule has 0 aliphatic rings. The first kappa shape index (κ1) is 20.4. The van der Waals surface area contributed by atoms with E-state index in [1.165, 1.54) is 0 Å². The van der Waals surface area contributed by atoms with Gasteiger partial charge in [-0.15, -0.1) is 0 Å². The normalized spacial score (nSPS) is 12.1. The first-order chi connectivity index (χ1) is 12.7. The summed E-state index contributed by atoms with van der Waals surface area (Å²) in [4.78, 5) is 28.1. The number of ether oxygens (including phenoxy) is 1. The molecule has 6 nitrogen and oxygen atoms in total. The number of aromatic nitrogens is 2. The van der Waals surface area contributed by atoms with Gasteiger partial charge in [-0.1, -0.05) is 37.3 Å². The highest BCUT2D eigenvalue weighted by molar-refractivity contribution is 5.98. The van der Waals surface area contributed by atoms with Crippen molar-refractivity contribution in [3.8, 4) is 0 Å². The fourth-order valence-corrected chi connectivity index (χ4v) is 2.64. The molecular weight excluding hydrogens is 344 g/mol. The maximum Gasteiger partial charge on any atom is 0.335 e. The summed E-state index contributed by atoms with van der Waals surface area (Å²) in [5, 5.41) is 9.19. The molecule has 6 heteroatoms. The quantitative estimate of drug-likeness (QED) is 0.594. The summed E-state index contributed by atoms with van der Waals surface area (Å²) in [6.45, 7) is 7.84. The number of esters is 1. The molecule has 0 saturated carbocycles. The summed E-state index contributed by atoms with van der Waals surface area (Å²) < 4.78 is 7.35. The maximum atomic E-state index is 12.5. The number of carboxylic acid groups (broad SMARTS) is 1. The smallest absolute Gasteiger partial charge is 0.335 e. The van der Waals surface area contributed by atoms with Crippen LogP contribution in [-0.4, -0.2) is 32.2 Å². The lowest BCUT2D eigenvalue weighted by molar-refractivity contribution is -0.151. The lowest BCUT2D eigenvalue weighted by Crippen LogP contribution is -2.25. The highest BCUT2D eigenvalue weighted by Gasteiger charge is 2.22. The van der Waals surface area contributed by atoms with Crippen LogP contribution < -0.4 is 0 Å². The van der Waals surface area contributed by atoms with E-state index in [1.54, 1.807) is 33.0 Å². The summed E-state index contributed by atoms with van der Waals surface area (Å²) in [5.74, 6) is -0.851. The van der Waals surface area contributed by atoms with E-state index in [0.717, 1.165) is 17.8 Å². The van der Waals surface area contributed by atoms with Gasteiger partial charge in [-0.2, -0.15) is 0 Å². The Morgan fingerprint density at radius 3 is 2.44 bits per heavy atom. The van der Waals surface area contributed by atoms with Gasteiger partial charge in [0.05, 0.1) is 23.9 Å². The lowest BCUT2D eigenvalue weighted by atomic mass is 10.1. The van der Waals surface area contributed by atoms with Crippen molar-refractivity contribution in [3.63, 3.8) is 0 Å². The van der Waals surface area contributed by atoms with Gasteiger partial charge in [0.15, 0.2) is 0 Å². The van der Waals surface area contributed by atoms with Crippen molar-refractivity contribution in [2.24, 2.45) is 0 Å². The number of rotatable bonds is 7. The molecule has 1 aromatic carbocycles. The van der Waals surface area contributed by atoms with Gasteiger partial charge in [-0.3, -0.25) is 4.79 Å². The molecule has 0 aliphatic heterocycles. The van der Waals surface area contributed by atoms with Crippen molar-refractivity contribution in [2.45, 2.75) is 52.7 Å². The number of imidazole rings is 1. The van der Waals surface area contributed by atoms with Crippen LogP contribution in [0.25, 0.3) is 6.08 Å². The van der Waals surface area contributed by atoms with E-state index in [2.05, 4.69) is 4.98 Å². The Balaban J connectivity index is 2.41. The largest absolute Gasteiger partial charge is 0.481 e. The number of hydrogen-bond acceptors (Lipinski definition) is 4. The maximum absolute atomic E-state index is 12.5. The van der Waals surface area contributed by atoms with E-state index in [1.807, 2.05) is 41.8 Å². The van der Waals surface area contributed by atoms with Gasteiger partial charge in [0.1, 0.15) is 11.4 Å². The Labute approximate surface area is 159 Å². The van der Waals surface area contributed by atoms with Crippen LogP contribution in [0, 0.1) is 0 Å². The molecule has 0 amide bonds. The summed E-state index contributed by atoms with van der Waals surface area (Å²) in [5.41, 5.74) is 1.16. The Kier molecular flexibility index (Phi) is 6.55. The molecular formula is C21H26N2O4. The zero-order valence-corrected chi connectivity index (χ0v) is 16.2. The van der Waals surface area contributed by atoms with Crippen LogP contribution in [0.5, 0.6) is 0 Å². The predicted octanol–water partition coefficient (Wildman–Crippen LogP) is 3.69. The van der Waals surface area contributed by atoms with E-state index in [4.69, 9.17) is 4.74 Å². The average Bonchev–Trinajstić information content (AvgIpc) is 2.95. The third-order valence-corrected chi connectivity index (χ3v) is 3.79. The number of carbonyl (C=O) groups is 2. The number of carboxylic acids is 1. The first-order valence-corrected chi connectivity index (χ1v) is 8.93. The topological polar surface area (TPSA) is 81.4 Å². The minimum Gasteiger partial charge on any atom is -0.481 e. The predicted molar refractivity (Wildman–Crippen MR) is 103 cm³/mol. The summed E-state index contributed by atoms with van der Waals surface area (Å²) in [6, 6.07) is 9.90. The lowest BCUT2D eigenvalue weighted by Gasteiger charge is -2.20. The van der Waals surface area contributed by atoms with Crippen molar-refractivity contribution >= 4 is 18.0 Å². The average molecular weight is 370 g/mol. The minimum atomic E-state index is -1.09. The van der Waals surface area contributed by atoms with Crippen LogP contribution >= 0.6 is 0 Å². The molecule has 1 aromatic heterocycles. The van der Waals surface area contributed by atoms with E-state index in [9.17, 15) is 14.7 Å². The van der Waals surface area contributed by atoms with Crippen LogP contribution in [0.4, 0.5) is 0 Å². The van der Waals surface area contributed by atoms with E-state index < -0.39 is 24.0 Å². The molecule has 0 bridgehead atoms. The summed E-state index contributed by atoms with van der Waals surface area (Å²) in [6.07, 6.45) is 3.54. The zero-order valence-electron chi connectivity index (χ0n) is 16.2. The van der Waals surface area contributed by atoms with Gasteiger partial charge in [0, 0.05) is 13.0 Å². The number of carbonyl (C=O) groups excluding carboxylic acids is 1. The van der Waals surface area contributed by atoms with Crippen molar-refractivity contribution in [1.29, 1.82) is 0 Å². The third-order valence-electron chi connectivity index (χ3n) is 3.79. The van der Waals surface area contributed by atoms with Gasteiger partial charge < -0.3 is 14.4 Å².